The van der Waals surface area contributed by atoms with E-state index in [1.807, 2.05) is 0 Å². The molecule has 0 unspecified atom stereocenters. The van der Waals surface area contributed by atoms with Crippen LogP contribution in [0.1, 0.15) is 96.9 Å². The third-order valence-electron chi connectivity index (χ3n) is 11.8. The molecule has 0 spiro atoms. The highest BCUT2D eigenvalue weighted by molar-refractivity contribution is 6.01. The van der Waals surface area contributed by atoms with Gasteiger partial charge in [-0.05, 0) is 56.5 Å². The van der Waals surface area contributed by atoms with Crippen molar-refractivity contribution >= 4 is 70.5 Å². The highest BCUT2D eigenvalue weighted by Gasteiger charge is 2.42. The number of allylic oxidation sites excluding steroid dienone is 1. The average molecular weight is 1050 g/mol. The molecule has 11 atom stereocenters. The molecule has 1 aliphatic rings. The van der Waals surface area contributed by atoms with Gasteiger partial charge < -0.3 is 83.2 Å². The number of hydrogen-bond acceptors (Lipinski definition) is 22. The van der Waals surface area contributed by atoms with Gasteiger partial charge in [0, 0.05) is 49.1 Å². The number of carbonyl (C=O) groups excluding carboxylic acids is 7. The lowest BCUT2D eigenvalue weighted by atomic mass is 9.86. The number of nitrogens with two attached hydrogens (primary N) is 1. The Morgan fingerprint density at radius 1 is 0.676 bits per heavy atom. The first-order chi connectivity index (χ1) is 34.8. The molecule has 1 aromatic carbocycles. The maximum absolute atomic E-state index is 13.9. The number of anilines is 1. The number of carbonyl (C=O) groups is 10. The predicted octanol–water partition coefficient (Wildman–Crippen LogP) is -4.47. The molecule has 3 amide bonds. The fourth-order valence-electron chi connectivity index (χ4n) is 7.44. The van der Waals surface area contributed by atoms with E-state index in [0.29, 0.717) is 22.8 Å². The number of benzene rings is 1. The van der Waals surface area contributed by atoms with Crippen LogP contribution in [0.2, 0.25) is 0 Å². The summed E-state index contributed by atoms with van der Waals surface area (Å²) in [6.45, 7) is -1.27. The number of ketones is 4. The molecule has 1 aromatic heterocycles. The Morgan fingerprint density at radius 3 is 1.70 bits per heavy atom. The molecule has 28 heteroatoms. The molecule has 1 heterocycles. The number of hydrogen-bond donors (Lipinski definition) is 16. The van der Waals surface area contributed by atoms with E-state index < -0.39 is 184 Å². The van der Waals surface area contributed by atoms with Crippen LogP contribution in [0, 0.1) is 11.8 Å². The zero-order valence-corrected chi connectivity index (χ0v) is 39.8. The van der Waals surface area contributed by atoms with E-state index in [-0.39, 0.29) is 30.0 Å². The summed E-state index contributed by atoms with van der Waals surface area (Å²) in [7, 11) is 0. The van der Waals surface area contributed by atoms with Crippen LogP contribution in [-0.2, 0) is 44.9 Å². The molecule has 28 nitrogen and oxygen atoms in total. The van der Waals surface area contributed by atoms with Gasteiger partial charge in [0.15, 0.2) is 17.3 Å². The predicted molar refractivity (Wildman–Crippen MR) is 250 cm³/mol. The molecule has 0 aliphatic heterocycles. The summed E-state index contributed by atoms with van der Waals surface area (Å²) in [5.41, 5.74) is 7.50. The second-order valence-electron chi connectivity index (χ2n) is 17.4. The number of carboxylic acid groups (broad SMARTS) is 3. The lowest BCUT2D eigenvalue weighted by Crippen LogP contribution is -2.54. The Bertz CT molecular complexity index is 2400. The van der Waals surface area contributed by atoms with Crippen molar-refractivity contribution in [1.82, 2.24) is 25.9 Å². The van der Waals surface area contributed by atoms with E-state index in [0.717, 1.165) is 6.92 Å². The van der Waals surface area contributed by atoms with Crippen LogP contribution in [0.5, 0.6) is 0 Å². The standard InChI is InChI=1S/C46H61N7O21/c1-20(56)28(8-10-36(62)63)51-45(72)27(40(67)42(69)35(61)19-55)15-32(58)29(9-11-37(64)65)52-44(71)26(39(66)41(68)34(60)18-54)14-25(57)6-7-30(46(73)74)53-43(70)21-2-4-23(5-3-21)48-16-24-17-49-31-12-22(47)13-33(59)38(31)50-24/h2-5,12,17,26-30,34-35,39-42,48,54-55,60-61,66-69H,6-11,13-16,18-19,47H2,1H3,(H,51,72)(H,52,71)(H,53,70)(H,62,63)(H,64,65)(H,73,74)/t26-,27-,28+,29+,30+,34-,35-,39-,40-,41-,42-/m1/s1. The van der Waals surface area contributed by atoms with Crippen LogP contribution in [-0.4, -0.2) is 193 Å². The van der Waals surface area contributed by atoms with Crippen LogP contribution in [0.3, 0.4) is 0 Å². The molecule has 3 rings (SSSR count). The third-order valence-corrected chi connectivity index (χ3v) is 11.8. The number of aliphatic hydroxyl groups excluding tert-OH is 8. The van der Waals surface area contributed by atoms with Crippen LogP contribution < -0.4 is 27.0 Å². The largest absolute Gasteiger partial charge is 0.481 e. The molecule has 0 saturated heterocycles. The molecule has 406 valence electrons. The number of nitrogens with one attached hydrogen (secondary N) is 4. The summed E-state index contributed by atoms with van der Waals surface area (Å²) in [6, 6.07) is 0.388. The number of aliphatic carboxylic acids is 3. The van der Waals surface area contributed by atoms with E-state index in [4.69, 9.17) is 10.8 Å². The molecule has 0 saturated carbocycles. The smallest absolute Gasteiger partial charge is 0.326 e. The Hall–Kier alpha value is -7.18. The van der Waals surface area contributed by atoms with Crippen molar-refractivity contribution in [1.29, 1.82) is 0 Å². The van der Waals surface area contributed by atoms with Gasteiger partial charge in [0.05, 0.1) is 79.9 Å². The van der Waals surface area contributed by atoms with Gasteiger partial charge in [-0.2, -0.15) is 0 Å². The Labute approximate surface area is 420 Å². The van der Waals surface area contributed by atoms with Crippen LogP contribution in [0.15, 0.2) is 36.2 Å². The molecule has 0 bridgehead atoms. The number of aromatic nitrogens is 2. The number of Topliss-reactive ketones (excluding diaryl/α,β-unsaturated/α-hetero) is 4. The topological polar surface area (TPSA) is 493 Å². The van der Waals surface area contributed by atoms with E-state index in [1.165, 1.54) is 30.5 Å². The van der Waals surface area contributed by atoms with Gasteiger partial charge in [0.25, 0.3) is 5.91 Å². The van der Waals surface area contributed by atoms with Gasteiger partial charge in [0.1, 0.15) is 41.9 Å². The average Bonchev–Trinajstić information content (AvgIpc) is 3.35. The van der Waals surface area contributed by atoms with Gasteiger partial charge in [0.2, 0.25) is 11.8 Å². The number of nitrogens with zero attached hydrogens (tertiary/aromatic N) is 2. The van der Waals surface area contributed by atoms with Crippen molar-refractivity contribution < 1.29 is 104 Å². The van der Waals surface area contributed by atoms with Gasteiger partial charge in [-0.15, -0.1) is 0 Å². The van der Waals surface area contributed by atoms with Crippen molar-refractivity contribution in [2.75, 3.05) is 18.5 Å². The summed E-state index contributed by atoms with van der Waals surface area (Å²) in [6.07, 6.45) is -17.4. The monoisotopic (exact) mass is 1050 g/mol. The molecule has 0 fully saturated rings. The zero-order chi connectivity index (χ0) is 55.6. The molecule has 74 heavy (non-hydrogen) atoms. The van der Waals surface area contributed by atoms with Crippen molar-refractivity contribution in [3.05, 3.63) is 58.8 Å². The highest BCUT2D eigenvalue weighted by Crippen LogP contribution is 2.23. The van der Waals surface area contributed by atoms with Gasteiger partial charge in [-0.3, -0.25) is 48.1 Å². The first kappa shape index (κ1) is 61.1. The van der Waals surface area contributed by atoms with Crippen molar-refractivity contribution in [2.24, 2.45) is 17.6 Å². The van der Waals surface area contributed by atoms with E-state index in [9.17, 15) is 99.0 Å². The van der Waals surface area contributed by atoms with Crippen LogP contribution in [0.4, 0.5) is 5.69 Å². The van der Waals surface area contributed by atoms with E-state index in [1.54, 1.807) is 6.08 Å². The summed E-state index contributed by atoms with van der Waals surface area (Å²) in [5.74, 6) is -16.0. The van der Waals surface area contributed by atoms with Crippen LogP contribution >= 0.6 is 0 Å². The van der Waals surface area contributed by atoms with E-state index in [2.05, 4.69) is 31.2 Å². The highest BCUT2D eigenvalue weighted by atomic mass is 16.4. The second kappa shape index (κ2) is 28.9. The minimum atomic E-state index is -2.44. The Balaban J connectivity index is 1.80. The Morgan fingerprint density at radius 2 is 1.19 bits per heavy atom. The molecule has 17 N–H and O–H groups in total. The number of rotatable bonds is 33. The lowest BCUT2D eigenvalue weighted by molar-refractivity contribution is -0.147. The summed E-state index contributed by atoms with van der Waals surface area (Å²) in [5, 5.41) is 120. The molecular weight excluding hydrogens is 987 g/mol. The van der Waals surface area contributed by atoms with Gasteiger partial charge >= 0.3 is 17.9 Å². The molecule has 1 aliphatic carbocycles. The summed E-state index contributed by atoms with van der Waals surface area (Å²) in [4.78, 5) is 136. The van der Waals surface area contributed by atoms with E-state index >= 15 is 0 Å². The van der Waals surface area contributed by atoms with Crippen molar-refractivity contribution in [2.45, 2.75) is 126 Å². The zero-order valence-electron chi connectivity index (χ0n) is 39.8. The number of amides is 3. The fraction of sp³-hybridized carbons (Fsp3) is 0.522. The van der Waals surface area contributed by atoms with Crippen molar-refractivity contribution in [3.63, 3.8) is 0 Å². The number of aliphatic hydroxyl groups is 8. The lowest BCUT2D eigenvalue weighted by Gasteiger charge is -2.31. The minimum Gasteiger partial charge on any atom is -0.481 e. The Kier molecular flexibility index (Phi) is 23.9. The van der Waals surface area contributed by atoms with Gasteiger partial charge in [-0.25, -0.2) is 9.78 Å². The summed E-state index contributed by atoms with van der Waals surface area (Å²) >= 11 is 0. The number of carboxylic acids is 3. The molecular formula is C46H61N7O21. The first-order valence-corrected chi connectivity index (χ1v) is 22.9. The maximum atomic E-state index is 13.9. The van der Waals surface area contributed by atoms with Crippen molar-refractivity contribution in [3.8, 4) is 0 Å². The maximum Gasteiger partial charge on any atom is 0.326 e. The molecule has 2 aromatic rings. The van der Waals surface area contributed by atoms with Gasteiger partial charge in [-0.1, -0.05) is 0 Å². The minimum absolute atomic E-state index is 0.00510. The first-order valence-electron chi connectivity index (χ1n) is 22.9. The molecule has 0 radical (unpaired) electrons. The SMILES string of the molecule is CC(=O)[C@H](CCC(=O)O)NC(=O)[C@H](CC(=O)[C@H](CCC(=O)O)NC(=O)[C@H](CC(=O)CC[C@H](NC(=O)c1ccc(NCc2cnc3c(n2)C(=O)CC(N)=C3)cc1)C(=O)O)[C@@H](O)[C@H](O)[C@H](O)CO)[C@@H](O)[C@H](O)[C@H](O)CO. The second-order valence-corrected chi connectivity index (χ2v) is 17.4. The third kappa shape index (κ3) is 18.4. The quantitative estimate of drug-likeness (QED) is 0.0320. The summed E-state index contributed by atoms with van der Waals surface area (Å²) < 4.78 is 0. The number of fused-ring (bicyclic) bond motifs is 1. The van der Waals surface area contributed by atoms with Crippen LogP contribution in [0.25, 0.3) is 6.08 Å². The fourth-order valence-corrected chi connectivity index (χ4v) is 7.44. The normalized spacial score (nSPS) is 16.7.